The van der Waals surface area contributed by atoms with E-state index in [4.69, 9.17) is 0 Å². The van der Waals surface area contributed by atoms with Gasteiger partial charge in [-0.25, -0.2) is 15.0 Å². The van der Waals surface area contributed by atoms with Crippen molar-refractivity contribution in [1.29, 1.82) is 0 Å². The number of aromatic nitrogens is 4. The molecule has 112 valence electrons. The SMILES string of the molecule is Cn1cc(-c2ccnc(Nc3ccccn3)n2)c2ccccc21. The van der Waals surface area contributed by atoms with Crippen LogP contribution in [-0.4, -0.2) is 19.5 Å². The van der Waals surface area contributed by atoms with Crippen molar-refractivity contribution in [3.63, 3.8) is 0 Å². The molecule has 1 aromatic carbocycles. The summed E-state index contributed by atoms with van der Waals surface area (Å²) in [5.41, 5.74) is 3.16. The third-order valence-electron chi connectivity index (χ3n) is 3.73. The van der Waals surface area contributed by atoms with E-state index in [0.29, 0.717) is 5.95 Å². The van der Waals surface area contributed by atoms with E-state index in [9.17, 15) is 0 Å². The minimum Gasteiger partial charge on any atom is -0.350 e. The molecule has 0 aliphatic rings. The van der Waals surface area contributed by atoms with Gasteiger partial charge >= 0.3 is 0 Å². The molecule has 3 aromatic heterocycles. The summed E-state index contributed by atoms with van der Waals surface area (Å²) in [6.45, 7) is 0. The maximum Gasteiger partial charge on any atom is 0.228 e. The van der Waals surface area contributed by atoms with Gasteiger partial charge in [0.15, 0.2) is 0 Å². The first-order valence-electron chi connectivity index (χ1n) is 7.37. The van der Waals surface area contributed by atoms with Crippen LogP contribution in [0.15, 0.2) is 67.1 Å². The molecule has 0 saturated carbocycles. The van der Waals surface area contributed by atoms with Gasteiger partial charge in [0, 0.05) is 42.1 Å². The standard InChI is InChI=1S/C18H15N5/c1-23-12-14(13-6-2-3-7-16(13)23)15-9-11-20-18(21-15)22-17-8-4-5-10-19-17/h2-12H,1H3,(H,19,20,21,22). The molecule has 4 rings (SSSR count). The number of hydrogen-bond acceptors (Lipinski definition) is 4. The zero-order valence-corrected chi connectivity index (χ0v) is 12.6. The molecule has 0 unspecified atom stereocenters. The van der Waals surface area contributed by atoms with Crippen LogP contribution in [-0.2, 0) is 7.05 Å². The van der Waals surface area contributed by atoms with E-state index in [1.807, 2.05) is 43.4 Å². The maximum atomic E-state index is 4.63. The van der Waals surface area contributed by atoms with E-state index in [2.05, 4.69) is 43.2 Å². The summed E-state index contributed by atoms with van der Waals surface area (Å²) in [4.78, 5) is 13.1. The molecular formula is C18H15N5. The topological polar surface area (TPSA) is 55.6 Å². The lowest BCUT2D eigenvalue weighted by Crippen LogP contribution is -1.99. The second-order valence-corrected chi connectivity index (χ2v) is 5.28. The van der Waals surface area contributed by atoms with Crippen molar-refractivity contribution < 1.29 is 0 Å². The second kappa shape index (κ2) is 5.53. The Balaban J connectivity index is 1.76. The van der Waals surface area contributed by atoms with Gasteiger partial charge < -0.3 is 9.88 Å². The number of hydrogen-bond donors (Lipinski definition) is 1. The van der Waals surface area contributed by atoms with Gasteiger partial charge in [0.2, 0.25) is 5.95 Å². The van der Waals surface area contributed by atoms with Crippen molar-refractivity contribution in [2.75, 3.05) is 5.32 Å². The molecule has 0 atom stereocenters. The monoisotopic (exact) mass is 301 g/mol. The van der Waals surface area contributed by atoms with E-state index < -0.39 is 0 Å². The molecule has 5 heteroatoms. The number of benzene rings is 1. The van der Waals surface area contributed by atoms with Gasteiger partial charge in [-0.05, 0) is 24.3 Å². The first-order chi connectivity index (χ1) is 11.3. The summed E-state index contributed by atoms with van der Waals surface area (Å²) in [5.74, 6) is 1.26. The van der Waals surface area contributed by atoms with Crippen LogP contribution >= 0.6 is 0 Å². The lowest BCUT2D eigenvalue weighted by atomic mass is 10.1. The van der Waals surface area contributed by atoms with E-state index in [1.165, 1.54) is 10.9 Å². The third kappa shape index (κ3) is 2.53. The average molecular weight is 301 g/mol. The van der Waals surface area contributed by atoms with Crippen molar-refractivity contribution in [1.82, 2.24) is 19.5 Å². The molecule has 0 amide bonds. The number of pyridine rings is 1. The van der Waals surface area contributed by atoms with Crippen molar-refractivity contribution >= 4 is 22.7 Å². The maximum absolute atomic E-state index is 4.63. The van der Waals surface area contributed by atoms with Gasteiger partial charge in [0.05, 0.1) is 5.69 Å². The van der Waals surface area contributed by atoms with Gasteiger partial charge in [-0.3, -0.25) is 0 Å². The molecule has 1 N–H and O–H groups in total. The summed E-state index contributed by atoms with van der Waals surface area (Å²) >= 11 is 0. The van der Waals surface area contributed by atoms with Crippen LogP contribution in [0.3, 0.4) is 0 Å². The molecule has 0 spiro atoms. The Hall–Kier alpha value is -3.21. The predicted octanol–water partition coefficient (Wildman–Crippen LogP) is 3.77. The number of fused-ring (bicyclic) bond motifs is 1. The van der Waals surface area contributed by atoms with E-state index in [1.54, 1.807) is 12.4 Å². The first kappa shape index (κ1) is 13.5. The molecule has 0 saturated heterocycles. The van der Waals surface area contributed by atoms with Crippen molar-refractivity contribution in [3.05, 3.63) is 67.1 Å². The van der Waals surface area contributed by atoms with Gasteiger partial charge in [-0.1, -0.05) is 24.3 Å². The molecule has 0 aliphatic carbocycles. The Morgan fingerprint density at radius 1 is 0.913 bits per heavy atom. The second-order valence-electron chi connectivity index (χ2n) is 5.28. The minimum absolute atomic E-state index is 0.536. The average Bonchev–Trinajstić information content (AvgIpc) is 2.94. The van der Waals surface area contributed by atoms with Crippen LogP contribution in [0.5, 0.6) is 0 Å². The van der Waals surface area contributed by atoms with Crippen molar-refractivity contribution in [2.24, 2.45) is 7.05 Å². The fourth-order valence-corrected chi connectivity index (χ4v) is 2.67. The fourth-order valence-electron chi connectivity index (χ4n) is 2.67. The zero-order chi connectivity index (χ0) is 15.6. The highest BCUT2D eigenvalue weighted by Crippen LogP contribution is 2.29. The van der Waals surface area contributed by atoms with E-state index in [0.717, 1.165) is 17.1 Å². The minimum atomic E-state index is 0.536. The Morgan fingerprint density at radius 3 is 2.65 bits per heavy atom. The van der Waals surface area contributed by atoms with Crippen LogP contribution in [0, 0.1) is 0 Å². The van der Waals surface area contributed by atoms with Crippen LogP contribution in [0.2, 0.25) is 0 Å². The number of nitrogens with zero attached hydrogens (tertiary/aromatic N) is 4. The van der Waals surface area contributed by atoms with Crippen molar-refractivity contribution in [2.45, 2.75) is 0 Å². The van der Waals surface area contributed by atoms with Crippen LogP contribution in [0.1, 0.15) is 0 Å². The molecule has 4 aromatic rings. The Labute approximate surface area is 133 Å². The summed E-state index contributed by atoms with van der Waals surface area (Å²) in [6, 6.07) is 15.9. The largest absolute Gasteiger partial charge is 0.350 e. The van der Waals surface area contributed by atoms with Gasteiger partial charge in [-0.2, -0.15) is 0 Å². The zero-order valence-electron chi connectivity index (χ0n) is 12.6. The van der Waals surface area contributed by atoms with Gasteiger partial charge in [-0.15, -0.1) is 0 Å². The summed E-state index contributed by atoms with van der Waals surface area (Å²) < 4.78 is 2.11. The number of nitrogens with one attached hydrogen (secondary N) is 1. The Bertz CT molecular complexity index is 959. The molecule has 0 fully saturated rings. The van der Waals surface area contributed by atoms with Crippen molar-refractivity contribution in [3.8, 4) is 11.3 Å². The van der Waals surface area contributed by atoms with Crippen LogP contribution in [0.4, 0.5) is 11.8 Å². The molecule has 23 heavy (non-hydrogen) atoms. The van der Waals surface area contributed by atoms with Gasteiger partial charge in [0.25, 0.3) is 0 Å². The lowest BCUT2D eigenvalue weighted by Gasteiger charge is -2.05. The van der Waals surface area contributed by atoms with E-state index >= 15 is 0 Å². The van der Waals surface area contributed by atoms with Crippen LogP contribution < -0.4 is 5.32 Å². The summed E-state index contributed by atoms with van der Waals surface area (Å²) in [6.07, 6.45) is 5.59. The quantitative estimate of drug-likeness (QED) is 0.626. The molecule has 0 bridgehead atoms. The highest BCUT2D eigenvalue weighted by molar-refractivity contribution is 5.95. The molecule has 0 aliphatic heterocycles. The smallest absolute Gasteiger partial charge is 0.228 e. The highest BCUT2D eigenvalue weighted by Gasteiger charge is 2.10. The number of para-hydroxylation sites is 1. The highest BCUT2D eigenvalue weighted by atomic mass is 15.1. The fraction of sp³-hybridized carbons (Fsp3) is 0.0556. The number of aryl methyl sites for hydroxylation is 1. The Kier molecular flexibility index (Phi) is 3.24. The summed E-state index contributed by atoms with van der Waals surface area (Å²) in [5, 5.41) is 4.31. The lowest BCUT2D eigenvalue weighted by molar-refractivity contribution is 0.969. The Morgan fingerprint density at radius 2 is 1.78 bits per heavy atom. The van der Waals surface area contributed by atoms with Crippen LogP contribution in [0.25, 0.3) is 22.2 Å². The summed E-state index contributed by atoms with van der Waals surface area (Å²) in [7, 11) is 2.04. The van der Waals surface area contributed by atoms with E-state index in [-0.39, 0.29) is 0 Å². The predicted molar refractivity (Wildman–Crippen MR) is 91.5 cm³/mol. The molecule has 0 radical (unpaired) electrons. The third-order valence-corrected chi connectivity index (χ3v) is 3.73. The van der Waals surface area contributed by atoms with Gasteiger partial charge in [0.1, 0.15) is 5.82 Å². The number of anilines is 2. The molecule has 3 heterocycles. The first-order valence-corrected chi connectivity index (χ1v) is 7.37. The number of rotatable bonds is 3. The normalized spacial score (nSPS) is 10.8. The molecule has 5 nitrogen and oxygen atoms in total. The molecular weight excluding hydrogens is 286 g/mol.